The molecule has 2 heteroatoms. The Morgan fingerprint density at radius 1 is 1.24 bits per heavy atom. The van der Waals surface area contributed by atoms with Crippen LogP contribution in [0.15, 0.2) is 0 Å². The van der Waals surface area contributed by atoms with E-state index in [0.29, 0.717) is 5.92 Å². The minimum Gasteiger partial charge on any atom is -0.384 e. The fourth-order valence-electron chi connectivity index (χ4n) is 3.51. The van der Waals surface area contributed by atoms with Crippen molar-refractivity contribution < 1.29 is 4.74 Å². The Morgan fingerprint density at radius 3 is 2.47 bits per heavy atom. The minimum atomic E-state index is 0.694. The van der Waals surface area contributed by atoms with E-state index in [1.807, 2.05) is 7.11 Å². The molecule has 1 fully saturated rings. The number of hydrogen-bond donors (Lipinski definition) is 1. The van der Waals surface area contributed by atoms with Crippen LogP contribution in [0.1, 0.15) is 40.0 Å². The molecule has 0 saturated heterocycles. The molecule has 0 aromatic heterocycles. The van der Waals surface area contributed by atoms with Gasteiger partial charge in [-0.15, -0.1) is 0 Å². The third-order valence-corrected chi connectivity index (χ3v) is 4.66. The maximum Gasteiger partial charge on any atom is 0.0490 e. The number of ether oxygens (including phenoxy) is 1. The lowest BCUT2D eigenvalue weighted by Crippen LogP contribution is -2.37. The third-order valence-electron chi connectivity index (χ3n) is 4.66. The molecule has 1 saturated carbocycles. The lowest BCUT2D eigenvalue weighted by atomic mass is 9.66. The number of nitrogens with one attached hydrogen (secondary N) is 1. The first-order chi connectivity index (χ1) is 8.10. The standard InChI is InChI=1S/C15H31NO/c1-11(2)13-6-7-14(9-16-4)15(8-13)12(3)10-17-5/h11-16H,6-10H2,1-5H3. The van der Waals surface area contributed by atoms with Crippen molar-refractivity contribution in [3.63, 3.8) is 0 Å². The first-order valence-corrected chi connectivity index (χ1v) is 7.23. The molecule has 17 heavy (non-hydrogen) atoms. The van der Waals surface area contributed by atoms with Crippen molar-refractivity contribution in [3.8, 4) is 0 Å². The Morgan fingerprint density at radius 2 is 1.94 bits per heavy atom. The van der Waals surface area contributed by atoms with Gasteiger partial charge in [-0.25, -0.2) is 0 Å². The average molecular weight is 241 g/mol. The Labute approximate surface area is 108 Å². The predicted molar refractivity (Wildman–Crippen MR) is 74.1 cm³/mol. The highest BCUT2D eigenvalue weighted by atomic mass is 16.5. The third kappa shape index (κ3) is 4.26. The molecule has 0 aromatic rings. The second kappa shape index (κ2) is 7.38. The van der Waals surface area contributed by atoms with Crippen molar-refractivity contribution in [2.24, 2.45) is 29.6 Å². The molecule has 0 radical (unpaired) electrons. The molecule has 0 aromatic carbocycles. The number of rotatable bonds is 6. The topological polar surface area (TPSA) is 21.3 Å². The molecule has 0 heterocycles. The summed E-state index contributed by atoms with van der Waals surface area (Å²) < 4.78 is 5.36. The summed E-state index contributed by atoms with van der Waals surface area (Å²) in [5, 5.41) is 3.37. The zero-order valence-corrected chi connectivity index (χ0v) is 12.3. The van der Waals surface area contributed by atoms with Gasteiger partial charge < -0.3 is 10.1 Å². The molecule has 0 aliphatic heterocycles. The smallest absolute Gasteiger partial charge is 0.0490 e. The summed E-state index contributed by atoms with van der Waals surface area (Å²) in [6.45, 7) is 9.20. The van der Waals surface area contributed by atoms with Crippen LogP contribution in [0, 0.1) is 29.6 Å². The van der Waals surface area contributed by atoms with E-state index >= 15 is 0 Å². The van der Waals surface area contributed by atoms with Gasteiger partial charge in [-0.1, -0.05) is 20.8 Å². The first-order valence-electron chi connectivity index (χ1n) is 7.23. The Balaban J connectivity index is 2.61. The second-order valence-corrected chi connectivity index (χ2v) is 6.23. The highest BCUT2D eigenvalue weighted by Gasteiger charge is 2.34. The van der Waals surface area contributed by atoms with Gasteiger partial charge in [0, 0.05) is 13.7 Å². The van der Waals surface area contributed by atoms with E-state index in [0.717, 1.165) is 30.3 Å². The van der Waals surface area contributed by atoms with Crippen LogP contribution < -0.4 is 5.32 Å². The van der Waals surface area contributed by atoms with E-state index in [2.05, 4.69) is 33.1 Å². The largest absolute Gasteiger partial charge is 0.384 e. The highest BCUT2D eigenvalue weighted by Crippen LogP contribution is 2.40. The maximum absolute atomic E-state index is 5.36. The van der Waals surface area contributed by atoms with Crippen LogP contribution >= 0.6 is 0 Å². The zero-order chi connectivity index (χ0) is 12.8. The van der Waals surface area contributed by atoms with E-state index < -0.39 is 0 Å². The van der Waals surface area contributed by atoms with Crippen molar-refractivity contribution in [1.29, 1.82) is 0 Å². The van der Waals surface area contributed by atoms with Crippen molar-refractivity contribution in [2.75, 3.05) is 27.3 Å². The van der Waals surface area contributed by atoms with Crippen LogP contribution in [-0.2, 0) is 4.74 Å². The second-order valence-electron chi connectivity index (χ2n) is 6.23. The van der Waals surface area contributed by atoms with Gasteiger partial charge in [-0.2, -0.15) is 0 Å². The average Bonchev–Trinajstić information content (AvgIpc) is 2.30. The van der Waals surface area contributed by atoms with Gasteiger partial charge in [0.25, 0.3) is 0 Å². The van der Waals surface area contributed by atoms with E-state index in [-0.39, 0.29) is 0 Å². The summed E-state index contributed by atoms with van der Waals surface area (Å²) in [6.07, 6.45) is 4.21. The molecule has 2 nitrogen and oxygen atoms in total. The molecular weight excluding hydrogens is 210 g/mol. The fourth-order valence-corrected chi connectivity index (χ4v) is 3.51. The number of methoxy groups -OCH3 is 1. The first kappa shape index (κ1) is 15.0. The summed E-state index contributed by atoms with van der Waals surface area (Å²) in [4.78, 5) is 0. The molecule has 0 amide bonds. The van der Waals surface area contributed by atoms with Crippen molar-refractivity contribution in [1.82, 2.24) is 5.32 Å². The van der Waals surface area contributed by atoms with Crippen LogP contribution in [0.2, 0.25) is 0 Å². The zero-order valence-electron chi connectivity index (χ0n) is 12.3. The van der Waals surface area contributed by atoms with Gasteiger partial charge in [-0.05, 0) is 62.4 Å². The van der Waals surface area contributed by atoms with E-state index in [9.17, 15) is 0 Å². The SMILES string of the molecule is CNCC1CCC(C(C)C)CC1C(C)COC. The summed E-state index contributed by atoms with van der Waals surface area (Å²) >= 11 is 0. The van der Waals surface area contributed by atoms with E-state index in [1.165, 1.54) is 25.8 Å². The van der Waals surface area contributed by atoms with Crippen LogP contribution in [-0.4, -0.2) is 27.3 Å². The fraction of sp³-hybridized carbons (Fsp3) is 1.00. The van der Waals surface area contributed by atoms with Gasteiger partial charge in [0.2, 0.25) is 0 Å². The van der Waals surface area contributed by atoms with Gasteiger partial charge >= 0.3 is 0 Å². The van der Waals surface area contributed by atoms with Crippen LogP contribution in [0.4, 0.5) is 0 Å². The molecular formula is C15H31NO. The Kier molecular flexibility index (Phi) is 6.50. The molecule has 0 bridgehead atoms. The molecule has 0 spiro atoms. The van der Waals surface area contributed by atoms with Gasteiger partial charge in [-0.3, -0.25) is 0 Å². The Hall–Kier alpha value is -0.0800. The van der Waals surface area contributed by atoms with Crippen molar-refractivity contribution >= 4 is 0 Å². The van der Waals surface area contributed by atoms with E-state index in [1.54, 1.807) is 0 Å². The summed E-state index contributed by atoms with van der Waals surface area (Å²) in [5.74, 6) is 4.14. The highest BCUT2D eigenvalue weighted by molar-refractivity contribution is 4.85. The molecule has 1 aliphatic carbocycles. The normalized spacial score (nSPS) is 31.8. The number of hydrogen-bond acceptors (Lipinski definition) is 2. The van der Waals surface area contributed by atoms with Gasteiger partial charge in [0.05, 0.1) is 0 Å². The molecule has 4 unspecified atom stereocenters. The van der Waals surface area contributed by atoms with Crippen LogP contribution in [0.5, 0.6) is 0 Å². The maximum atomic E-state index is 5.36. The Bertz CT molecular complexity index is 205. The van der Waals surface area contributed by atoms with Crippen molar-refractivity contribution in [2.45, 2.75) is 40.0 Å². The predicted octanol–water partition coefficient (Wildman–Crippen LogP) is 3.18. The van der Waals surface area contributed by atoms with Crippen LogP contribution in [0.25, 0.3) is 0 Å². The summed E-state index contributed by atoms with van der Waals surface area (Å²) in [5.41, 5.74) is 0. The monoisotopic (exact) mass is 241 g/mol. The summed E-state index contributed by atoms with van der Waals surface area (Å²) in [6, 6.07) is 0. The lowest BCUT2D eigenvalue weighted by molar-refractivity contribution is 0.0562. The summed E-state index contributed by atoms with van der Waals surface area (Å²) in [7, 11) is 3.90. The minimum absolute atomic E-state index is 0.694. The molecule has 1 N–H and O–H groups in total. The van der Waals surface area contributed by atoms with Crippen molar-refractivity contribution in [3.05, 3.63) is 0 Å². The molecule has 4 atom stereocenters. The van der Waals surface area contributed by atoms with Gasteiger partial charge in [0.15, 0.2) is 0 Å². The van der Waals surface area contributed by atoms with E-state index in [4.69, 9.17) is 4.74 Å². The quantitative estimate of drug-likeness (QED) is 0.771. The van der Waals surface area contributed by atoms with Gasteiger partial charge in [0.1, 0.15) is 0 Å². The molecule has 1 aliphatic rings. The molecule has 1 rings (SSSR count). The lowest BCUT2D eigenvalue weighted by Gasteiger charge is -2.41. The molecule has 102 valence electrons. The van der Waals surface area contributed by atoms with Crippen LogP contribution in [0.3, 0.4) is 0 Å².